The van der Waals surface area contributed by atoms with Crippen molar-refractivity contribution in [3.05, 3.63) is 18.2 Å². The van der Waals surface area contributed by atoms with Crippen LogP contribution in [0.4, 0.5) is 0 Å². The minimum atomic E-state index is -0.962. The van der Waals surface area contributed by atoms with E-state index in [4.69, 9.17) is 10.8 Å². The van der Waals surface area contributed by atoms with Crippen LogP contribution in [0.3, 0.4) is 0 Å². The van der Waals surface area contributed by atoms with Gasteiger partial charge in [-0.1, -0.05) is 0 Å². The summed E-state index contributed by atoms with van der Waals surface area (Å²) in [5.74, 6) is -2.02. The van der Waals surface area contributed by atoms with E-state index >= 15 is 0 Å². The van der Waals surface area contributed by atoms with Crippen LogP contribution in [0.2, 0.25) is 0 Å². The van der Waals surface area contributed by atoms with E-state index < -0.39 is 23.8 Å². The molecule has 1 rings (SSSR count). The Bertz CT molecular complexity index is 444. The number of hydrogen-bond donors (Lipinski definition) is 4. The molecular weight excluding hydrogens is 252 g/mol. The van der Waals surface area contributed by atoms with Gasteiger partial charge in [-0.15, -0.1) is 0 Å². The van der Waals surface area contributed by atoms with Crippen molar-refractivity contribution in [1.82, 2.24) is 15.3 Å². The van der Waals surface area contributed by atoms with Crippen molar-refractivity contribution in [2.45, 2.75) is 31.7 Å². The summed E-state index contributed by atoms with van der Waals surface area (Å²) < 4.78 is 0. The van der Waals surface area contributed by atoms with Gasteiger partial charge in [0.1, 0.15) is 6.04 Å². The summed E-state index contributed by atoms with van der Waals surface area (Å²) in [6.07, 6.45) is 3.43. The number of aromatic amines is 1. The third-order valence-corrected chi connectivity index (χ3v) is 2.44. The van der Waals surface area contributed by atoms with E-state index in [0.717, 1.165) is 0 Å². The smallest absolute Gasteiger partial charge is 0.303 e. The Morgan fingerprint density at radius 1 is 1.42 bits per heavy atom. The van der Waals surface area contributed by atoms with E-state index in [1.165, 1.54) is 6.33 Å². The fourth-order valence-electron chi connectivity index (χ4n) is 1.50. The lowest BCUT2D eigenvalue weighted by Gasteiger charge is -2.14. The van der Waals surface area contributed by atoms with Crippen molar-refractivity contribution in [3.63, 3.8) is 0 Å². The van der Waals surface area contributed by atoms with Crippen LogP contribution in [0.25, 0.3) is 0 Å². The molecule has 0 fully saturated rings. The summed E-state index contributed by atoms with van der Waals surface area (Å²) in [5.41, 5.74) is 5.80. The SMILES string of the molecule is NC(=O)[C@H](Cc1c[nH]cn1)NC(=O)CCCC(=O)O. The Morgan fingerprint density at radius 3 is 2.68 bits per heavy atom. The number of nitrogens with zero attached hydrogens (tertiary/aromatic N) is 1. The summed E-state index contributed by atoms with van der Waals surface area (Å²) in [6, 6.07) is -0.847. The Kier molecular flexibility index (Phi) is 5.52. The number of rotatable bonds is 8. The highest BCUT2D eigenvalue weighted by Gasteiger charge is 2.19. The summed E-state index contributed by atoms with van der Waals surface area (Å²) in [5, 5.41) is 10.9. The van der Waals surface area contributed by atoms with E-state index in [1.807, 2.05) is 0 Å². The average molecular weight is 268 g/mol. The zero-order valence-electron chi connectivity index (χ0n) is 10.3. The van der Waals surface area contributed by atoms with Gasteiger partial charge in [0.15, 0.2) is 0 Å². The third-order valence-electron chi connectivity index (χ3n) is 2.44. The normalized spacial score (nSPS) is 11.8. The van der Waals surface area contributed by atoms with Crippen molar-refractivity contribution >= 4 is 17.8 Å². The Hall–Kier alpha value is -2.38. The molecule has 0 unspecified atom stereocenters. The van der Waals surface area contributed by atoms with Gasteiger partial charge in [0.05, 0.1) is 12.0 Å². The van der Waals surface area contributed by atoms with Crippen LogP contribution < -0.4 is 11.1 Å². The van der Waals surface area contributed by atoms with Gasteiger partial charge in [-0.05, 0) is 6.42 Å². The largest absolute Gasteiger partial charge is 0.481 e. The van der Waals surface area contributed by atoms with Gasteiger partial charge < -0.3 is 21.1 Å². The van der Waals surface area contributed by atoms with Gasteiger partial charge >= 0.3 is 5.97 Å². The van der Waals surface area contributed by atoms with Gasteiger partial charge in [0.2, 0.25) is 11.8 Å². The standard InChI is InChI=1S/C11H16N4O4/c12-11(19)8(4-7-5-13-6-14-7)15-9(16)2-1-3-10(17)18/h5-6,8H,1-4H2,(H2,12,19)(H,13,14)(H,15,16)(H,17,18)/t8-/m0/s1. The van der Waals surface area contributed by atoms with Gasteiger partial charge in [0, 0.05) is 25.5 Å². The van der Waals surface area contributed by atoms with E-state index in [2.05, 4.69) is 15.3 Å². The molecule has 8 heteroatoms. The van der Waals surface area contributed by atoms with E-state index in [1.54, 1.807) is 6.20 Å². The number of imidazole rings is 1. The highest BCUT2D eigenvalue weighted by atomic mass is 16.4. The molecule has 0 radical (unpaired) electrons. The van der Waals surface area contributed by atoms with Crippen LogP contribution in [0, 0.1) is 0 Å². The second kappa shape index (κ2) is 7.14. The number of nitrogens with one attached hydrogen (secondary N) is 2. The summed E-state index contributed by atoms with van der Waals surface area (Å²) >= 11 is 0. The summed E-state index contributed by atoms with van der Waals surface area (Å²) in [4.78, 5) is 39.7. The fraction of sp³-hybridized carbons (Fsp3) is 0.455. The molecule has 1 heterocycles. The maximum absolute atomic E-state index is 11.5. The molecule has 1 atom stereocenters. The number of nitrogens with two attached hydrogens (primary N) is 1. The van der Waals surface area contributed by atoms with Crippen LogP contribution in [0.15, 0.2) is 12.5 Å². The molecule has 1 aromatic heterocycles. The maximum atomic E-state index is 11.5. The molecule has 0 aromatic carbocycles. The Labute approximate surface area is 109 Å². The second-order valence-electron chi connectivity index (χ2n) is 4.03. The lowest BCUT2D eigenvalue weighted by molar-refractivity contribution is -0.137. The molecule has 0 spiro atoms. The van der Waals surface area contributed by atoms with Crippen LogP contribution in [0.1, 0.15) is 25.0 Å². The molecule has 104 valence electrons. The summed E-state index contributed by atoms with van der Waals surface area (Å²) in [7, 11) is 0. The third kappa shape index (κ3) is 5.66. The van der Waals surface area contributed by atoms with Crippen molar-refractivity contribution in [2.75, 3.05) is 0 Å². The molecule has 0 bridgehead atoms. The first-order chi connectivity index (χ1) is 8.99. The average Bonchev–Trinajstić information content (AvgIpc) is 2.80. The molecule has 2 amide bonds. The van der Waals surface area contributed by atoms with Gasteiger partial charge in [0.25, 0.3) is 0 Å². The van der Waals surface area contributed by atoms with Crippen LogP contribution >= 0.6 is 0 Å². The quantitative estimate of drug-likeness (QED) is 0.488. The number of aliphatic carboxylic acids is 1. The van der Waals surface area contributed by atoms with Crippen LogP contribution in [-0.2, 0) is 20.8 Å². The number of primary amides is 1. The Balaban J connectivity index is 2.42. The highest BCUT2D eigenvalue weighted by Crippen LogP contribution is 2.00. The second-order valence-corrected chi connectivity index (χ2v) is 4.03. The zero-order valence-corrected chi connectivity index (χ0v) is 10.3. The van der Waals surface area contributed by atoms with Gasteiger partial charge in [-0.25, -0.2) is 4.98 Å². The lowest BCUT2D eigenvalue weighted by atomic mass is 10.1. The first kappa shape index (κ1) is 14.7. The molecule has 0 saturated heterocycles. The molecule has 19 heavy (non-hydrogen) atoms. The van der Waals surface area contributed by atoms with Crippen molar-refractivity contribution in [3.8, 4) is 0 Å². The van der Waals surface area contributed by atoms with Gasteiger partial charge in [-0.3, -0.25) is 14.4 Å². The minimum absolute atomic E-state index is 0.0383. The van der Waals surface area contributed by atoms with Crippen molar-refractivity contribution < 1.29 is 19.5 Å². The molecule has 1 aromatic rings. The molecule has 0 aliphatic heterocycles. The van der Waals surface area contributed by atoms with Crippen LogP contribution in [-0.4, -0.2) is 38.9 Å². The number of carboxylic acids is 1. The Morgan fingerprint density at radius 2 is 2.16 bits per heavy atom. The van der Waals surface area contributed by atoms with Crippen molar-refractivity contribution in [1.29, 1.82) is 0 Å². The number of amides is 2. The predicted octanol–water partition coefficient (Wildman–Crippen LogP) is -0.823. The molecule has 8 nitrogen and oxygen atoms in total. The predicted molar refractivity (Wildman–Crippen MR) is 64.9 cm³/mol. The van der Waals surface area contributed by atoms with Crippen LogP contribution in [0.5, 0.6) is 0 Å². The van der Waals surface area contributed by atoms with Gasteiger partial charge in [-0.2, -0.15) is 0 Å². The molecular formula is C11H16N4O4. The van der Waals surface area contributed by atoms with E-state index in [-0.39, 0.29) is 25.7 Å². The summed E-state index contributed by atoms with van der Waals surface area (Å²) in [6.45, 7) is 0. The highest BCUT2D eigenvalue weighted by molar-refractivity contribution is 5.86. The van der Waals surface area contributed by atoms with E-state index in [9.17, 15) is 14.4 Å². The van der Waals surface area contributed by atoms with E-state index in [0.29, 0.717) is 5.69 Å². The lowest BCUT2D eigenvalue weighted by Crippen LogP contribution is -2.45. The number of H-pyrrole nitrogens is 1. The number of carboxylic acid groups (broad SMARTS) is 1. The molecule has 0 saturated carbocycles. The molecule has 5 N–H and O–H groups in total. The fourth-order valence-corrected chi connectivity index (χ4v) is 1.50. The minimum Gasteiger partial charge on any atom is -0.481 e. The molecule has 0 aliphatic carbocycles. The maximum Gasteiger partial charge on any atom is 0.303 e. The number of aromatic nitrogens is 2. The topological polar surface area (TPSA) is 138 Å². The number of carbonyl (C=O) groups excluding carboxylic acids is 2. The first-order valence-corrected chi connectivity index (χ1v) is 5.77. The van der Waals surface area contributed by atoms with Crippen molar-refractivity contribution in [2.24, 2.45) is 5.73 Å². The zero-order chi connectivity index (χ0) is 14.3. The number of hydrogen-bond acceptors (Lipinski definition) is 4. The molecule has 0 aliphatic rings. The number of carbonyl (C=O) groups is 3. The first-order valence-electron chi connectivity index (χ1n) is 5.77. The monoisotopic (exact) mass is 268 g/mol.